The second-order valence-corrected chi connectivity index (χ2v) is 3.76. The number of hydrogen-bond acceptors (Lipinski definition) is 2. The average Bonchev–Trinajstić information content (AvgIpc) is 2.31. The summed E-state index contributed by atoms with van der Waals surface area (Å²) < 4.78 is 0. The molecule has 0 radical (unpaired) electrons. The van der Waals surface area contributed by atoms with Gasteiger partial charge >= 0.3 is 0 Å². The highest BCUT2D eigenvalue weighted by Gasteiger charge is 2.08. The van der Waals surface area contributed by atoms with Crippen LogP contribution in [0.5, 0.6) is 0 Å². The highest BCUT2D eigenvalue weighted by Crippen LogP contribution is 2.12. The van der Waals surface area contributed by atoms with Crippen molar-refractivity contribution in [3.63, 3.8) is 0 Å². The summed E-state index contributed by atoms with van der Waals surface area (Å²) in [6.07, 6.45) is 5.53. The Morgan fingerprint density at radius 1 is 1.27 bits per heavy atom. The van der Waals surface area contributed by atoms with Crippen LogP contribution in [0.15, 0.2) is 36.4 Å². The largest absolute Gasteiger partial charge is 0.295 e. The molecule has 0 saturated heterocycles. The van der Waals surface area contributed by atoms with Gasteiger partial charge in [0.2, 0.25) is 0 Å². The summed E-state index contributed by atoms with van der Waals surface area (Å²) in [7, 11) is 0. The first-order valence-electron chi connectivity index (χ1n) is 5.25. The molecule has 1 aliphatic heterocycles. The summed E-state index contributed by atoms with van der Waals surface area (Å²) in [5, 5.41) is 8.97. The molecular formula is C13H14N2. The number of rotatable bonds is 2. The molecule has 1 aromatic carbocycles. The highest BCUT2D eigenvalue weighted by atomic mass is 15.1. The topological polar surface area (TPSA) is 27.0 Å². The van der Waals surface area contributed by atoms with E-state index in [9.17, 15) is 0 Å². The third-order valence-corrected chi connectivity index (χ3v) is 2.67. The Hall–Kier alpha value is -1.59. The third kappa shape index (κ3) is 2.45. The second-order valence-electron chi connectivity index (χ2n) is 3.76. The van der Waals surface area contributed by atoms with Crippen molar-refractivity contribution in [2.24, 2.45) is 0 Å². The van der Waals surface area contributed by atoms with E-state index in [1.54, 1.807) is 0 Å². The molecule has 0 fully saturated rings. The summed E-state index contributed by atoms with van der Waals surface area (Å²) in [4.78, 5) is 2.36. The van der Waals surface area contributed by atoms with E-state index in [0.717, 1.165) is 37.2 Å². The van der Waals surface area contributed by atoms with E-state index >= 15 is 0 Å². The Bertz CT molecular complexity index is 401. The van der Waals surface area contributed by atoms with Gasteiger partial charge in [-0.15, -0.1) is 0 Å². The van der Waals surface area contributed by atoms with Crippen LogP contribution in [0.4, 0.5) is 0 Å². The van der Waals surface area contributed by atoms with E-state index < -0.39 is 0 Å². The molecule has 1 aromatic rings. The SMILES string of the molecule is N#Cc1ccccc1CN1CC=CCC1. The molecular weight excluding hydrogens is 184 g/mol. The summed E-state index contributed by atoms with van der Waals surface area (Å²) in [5.41, 5.74) is 1.93. The molecule has 0 aliphatic carbocycles. The first-order valence-corrected chi connectivity index (χ1v) is 5.25. The van der Waals surface area contributed by atoms with Gasteiger partial charge in [-0.05, 0) is 18.1 Å². The Balaban J connectivity index is 2.10. The van der Waals surface area contributed by atoms with Crippen LogP contribution in [-0.2, 0) is 6.54 Å². The summed E-state index contributed by atoms with van der Waals surface area (Å²) >= 11 is 0. The number of benzene rings is 1. The van der Waals surface area contributed by atoms with E-state index in [4.69, 9.17) is 5.26 Å². The smallest absolute Gasteiger partial charge is 0.0995 e. The first-order chi connectivity index (χ1) is 7.40. The molecule has 1 heterocycles. The maximum absolute atomic E-state index is 8.97. The van der Waals surface area contributed by atoms with E-state index in [2.05, 4.69) is 23.1 Å². The lowest BCUT2D eigenvalue weighted by molar-refractivity contribution is 0.290. The van der Waals surface area contributed by atoms with Gasteiger partial charge in [0.15, 0.2) is 0 Å². The summed E-state index contributed by atoms with van der Waals surface area (Å²) in [5.74, 6) is 0. The van der Waals surface area contributed by atoms with Gasteiger partial charge in [-0.2, -0.15) is 5.26 Å². The maximum Gasteiger partial charge on any atom is 0.0995 e. The van der Waals surface area contributed by atoms with E-state index in [1.807, 2.05) is 24.3 Å². The molecule has 0 aromatic heterocycles. The lowest BCUT2D eigenvalue weighted by Crippen LogP contribution is -2.26. The van der Waals surface area contributed by atoms with Gasteiger partial charge in [-0.1, -0.05) is 30.4 Å². The maximum atomic E-state index is 8.97. The van der Waals surface area contributed by atoms with E-state index in [-0.39, 0.29) is 0 Å². The number of nitrogens with zero attached hydrogens (tertiary/aromatic N) is 2. The third-order valence-electron chi connectivity index (χ3n) is 2.67. The molecule has 2 nitrogen and oxygen atoms in total. The van der Waals surface area contributed by atoms with Crippen molar-refractivity contribution in [1.82, 2.24) is 4.90 Å². The Morgan fingerprint density at radius 3 is 2.87 bits per heavy atom. The fourth-order valence-corrected chi connectivity index (χ4v) is 1.84. The predicted molar refractivity (Wildman–Crippen MR) is 60.2 cm³/mol. The molecule has 0 N–H and O–H groups in total. The number of hydrogen-bond donors (Lipinski definition) is 0. The second kappa shape index (κ2) is 4.77. The predicted octanol–water partition coefficient (Wildman–Crippen LogP) is 2.32. The molecule has 0 unspecified atom stereocenters. The van der Waals surface area contributed by atoms with Gasteiger partial charge in [0.1, 0.15) is 0 Å². The fraction of sp³-hybridized carbons (Fsp3) is 0.308. The highest BCUT2D eigenvalue weighted by molar-refractivity contribution is 5.37. The van der Waals surface area contributed by atoms with Crippen molar-refractivity contribution in [3.05, 3.63) is 47.5 Å². The van der Waals surface area contributed by atoms with Crippen molar-refractivity contribution in [2.75, 3.05) is 13.1 Å². The monoisotopic (exact) mass is 198 g/mol. The molecule has 2 heteroatoms. The fourth-order valence-electron chi connectivity index (χ4n) is 1.84. The van der Waals surface area contributed by atoms with Gasteiger partial charge in [-0.3, -0.25) is 4.90 Å². The minimum atomic E-state index is 0.798. The van der Waals surface area contributed by atoms with Crippen molar-refractivity contribution < 1.29 is 0 Å². The van der Waals surface area contributed by atoms with Crippen LogP contribution in [0.2, 0.25) is 0 Å². The van der Waals surface area contributed by atoms with Crippen molar-refractivity contribution >= 4 is 0 Å². The summed E-state index contributed by atoms with van der Waals surface area (Å²) in [6, 6.07) is 10.1. The summed E-state index contributed by atoms with van der Waals surface area (Å²) in [6.45, 7) is 2.98. The van der Waals surface area contributed by atoms with Gasteiger partial charge in [0.25, 0.3) is 0 Å². The standard InChI is InChI=1S/C13H14N2/c14-10-12-6-2-3-7-13(12)11-15-8-4-1-5-9-15/h1-4,6-7H,5,8-9,11H2. The minimum absolute atomic E-state index is 0.798. The molecule has 0 saturated carbocycles. The molecule has 76 valence electrons. The van der Waals surface area contributed by atoms with Crippen LogP contribution in [0.3, 0.4) is 0 Å². The van der Waals surface area contributed by atoms with Crippen LogP contribution in [0, 0.1) is 11.3 Å². The normalized spacial score (nSPS) is 16.2. The molecule has 0 bridgehead atoms. The zero-order valence-electron chi connectivity index (χ0n) is 8.69. The Labute approximate surface area is 90.4 Å². The van der Waals surface area contributed by atoms with E-state index in [1.165, 1.54) is 0 Å². The van der Waals surface area contributed by atoms with Crippen LogP contribution >= 0.6 is 0 Å². The Morgan fingerprint density at radius 2 is 2.13 bits per heavy atom. The molecule has 0 atom stereocenters. The molecule has 15 heavy (non-hydrogen) atoms. The van der Waals surface area contributed by atoms with Gasteiger partial charge < -0.3 is 0 Å². The zero-order chi connectivity index (χ0) is 10.5. The lowest BCUT2D eigenvalue weighted by atomic mass is 10.1. The van der Waals surface area contributed by atoms with Crippen molar-refractivity contribution in [3.8, 4) is 6.07 Å². The Kier molecular flexibility index (Phi) is 3.16. The van der Waals surface area contributed by atoms with Crippen LogP contribution in [0.25, 0.3) is 0 Å². The lowest BCUT2D eigenvalue weighted by Gasteiger charge is -2.23. The quantitative estimate of drug-likeness (QED) is 0.682. The molecule has 1 aliphatic rings. The van der Waals surface area contributed by atoms with Crippen molar-refractivity contribution in [2.45, 2.75) is 13.0 Å². The molecule has 0 amide bonds. The van der Waals surface area contributed by atoms with Crippen LogP contribution in [-0.4, -0.2) is 18.0 Å². The van der Waals surface area contributed by atoms with Crippen molar-refractivity contribution in [1.29, 1.82) is 5.26 Å². The van der Waals surface area contributed by atoms with Crippen LogP contribution < -0.4 is 0 Å². The molecule has 0 spiro atoms. The molecule has 2 rings (SSSR count). The van der Waals surface area contributed by atoms with Crippen LogP contribution in [0.1, 0.15) is 17.5 Å². The van der Waals surface area contributed by atoms with E-state index in [0.29, 0.717) is 0 Å². The van der Waals surface area contributed by atoms with Gasteiger partial charge in [0.05, 0.1) is 11.6 Å². The number of nitriles is 1. The van der Waals surface area contributed by atoms with Gasteiger partial charge in [0, 0.05) is 19.6 Å². The average molecular weight is 198 g/mol. The minimum Gasteiger partial charge on any atom is -0.295 e. The first kappa shape index (κ1) is 9.95. The zero-order valence-corrected chi connectivity index (χ0v) is 8.69. The van der Waals surface area contributed by atoms with Gasteiger partial charge in [-0.25, -0.2) is 0 Å².